The first kappa shape index (κ1) is 14.4. The molecule has 5 heteroatoms. The zero-order chi connectivity index (χ0) is 14.5. The Morgan fingerprint density at radius 1 is 1.40 bits per heavy atom. The number of hydrogen-bond acceptors (Lipinski definition) is 4. The fourth-order valence-electron chi connectivity index (χ4n) is 2.14. The van der Waals surface area contributed by atoms with Crippen LogP contribution in [0.5, 0.6) is 0 Å². The average Bonchev–Trinajstić information content (AvgIpc) is 2.97. The number of nitrogens with zero attached hydrogens (tertiary/aromatic N) is 2. The molecule has 1 aromatic carbocycles. The third-order valence-corrected chi connectivity index (χ3v) is 4.05. The predicted molar refractivity (Wildman–Crippen MR) is 84.7 cm³/mol. The summed E-state index contributed by atoms with van der Waals surface area (Å²) < 4.78 is 0. The predicted octanol–water partition coefficient (Wildman–Crippen LogP) is 3.18. The van der Waals surface area contributed by atoms with Gasteiger partial charge in [-0.25, -0.2) is 0 Å². The lowest BCUT2D eigenvalue weighted by Gasteiger charge is -2.25. The van der Waals surface area contributed by atoms with Crippen LogP contribution < -0.4 is 10.6 Å². The molecule has 20 heavy (non-hydrogen) atoms. The van der Waals surface area contributed by atoms with E-state index in [-0.39, 0.29) is 5.84 Å². The van der Waals surface area contributed by atoms with Crippen molar-refractivity contribution in [3.8, 4) is 0 Å². The van der Waals surface area contributed by atoms with Crippen LogP contribution in [-0.2, 0) is 6.54 Å². The van der Waals surface area contributed by atoms with E-state index in [1.165, 1.54) is 4.88 Å². The molecular formula is C15H19N3OS. The van der Waals surface area contributed by atoms with Gasteiger partial charge in [-0.3, -0.25) is 0 Å². The Bertz CT molecular complexity index is 593. The van der Waals surface area contributed by atoms with Crippen molar-refractivity contribution in [2.75, 3.05) is 11.4 Å². The second kappa shape index (κ2) is 6.43. The highest BCUT2D eigenvalue weighted by atomic mass is 32.1. The van der Waals surface area contributed by atoms with Crippen LogP contribution in [0, 0.1) is 6.92 Å². The van der Waals surface area contributed by atoms with Gasteiger partial charge in [0.15, 0.2) is 5.84 Å². The summed E-state index contributed by atoms with van der Waals surface area (Å²) in [6.45, 7) is 5.77. The molecule has 0 aliphatic heterocycles. The zero-order valence-corrected chi connectivity index (χ0v) is 12.5. The van der Waals surface area contributed by atoms with Crippen molar-refractivity contribution < 1.29 is 5.21 Å². The molecule has 0 fully saturated rings. The quantitative estimate of drug-likeness (QED) is 0.384. The van der Waals surface area contributed by atoms with E-state index in [0.717, 1.165) is 29.9 Å². The van der Waals surface area contributed by atoms with Gasteiger partial charge < -0.3 is 15.8 Å². The maximum absolute atomic E-state index is 8.96. The highest BCUT2D eigenvalue weighted by molar-refractivity contribution is 7.09. The van der Waals surface area contributed by atoms with Gasteiger partial charge in [0.25, 0.3) is 0 Å². The first-order chi connectivity index (χ1) is 9.65. The van der Waals surface area contributed by atoms with Crippen molar-refractivity contribution in [2.45, 2.75) is 20.4 Å². The summed E-state index contributed by atoms with van der Waals surface area (Å²) in [6.07, 6.45) is 0. The van der Waals surface area contributed by atoms with Gasteiger partial charge in [-0.05, 0) is 37.4 Å². The minimum atomic E-state index is 0.147. The molecule has 1 heterocycles. The topological polar surface area (TPSA) is 61.8 Å². The first-order valence-corrected chi connectivity index (χ1v) is 7.39. The molecule has 0 saturated heterocycles. The van der Waals surface area contributed by atoms with E-state index in [2.05, 4.69) is 28.4 Å². The van der Waals surface area contributed by atoms with Crippen LogP contribution in [0.3, 0.4) is 0 Å². The summed E-state index contributed by atoms with van der Waals surface area (Å²) in [5, 5.41) is 14.2. The van der Waals surface area contributed by atoms with Crippen LogP contribution >= 0.6 is 11.3 Å². The highest BCUT2D eigenvalue weighted by Gasteiger charge is 2.14. The molecule has 2 aromatic rings. The third-order valence-electron chi connectivity index (χ3n) is 3.18. The number of thiophene rings is 1. The van der Waals surface area contributed by atoms with Crippen LogP contribution in [0.15, 0.2) is 40.9 Å². The number of aryl methyl sites for hydroxylation is 1. The van der Waals surface area contributed by atoms with Gasteiger partial charge >= 0.3 is 0 Å². The number of anilines is 1. The van der Waals surface area contributed by atoms with Crippen molar-refractivity contribution in [2.24, 2.45) is 10.9 Å². The smallest absolute Gasteiger partial charge is 0.172 e. The van der Waals surface area contributed by atoms with Gasteiger partial charge in [0.2, 0.25) is 0 Å². The van der Waals surface area contributed by atoms with Gasteiger partial charge in [0.05, 0.1) is 6.54 Å². The molecule has 0 spiro atoms. The summed E-state index contributed by atoms with van der Waals surface area (Å²) >= 11 is 1.73. The molecule has 2 rings (SSSR count). The Morgan fingerprint density at radius 3 is 2.80 bits per heavy atom. The SMILES string of the molecule is CCN(Cc1cccs1)c1ccc(C)cc1/C(N)=N/O. The Kier molecular flexibility index (Phi) is 4.63. The maximum atomic E-state index is 8.96. The van der Waals surface area contributed by atoms with Crippen molar-refractivity contribution in [3.05, 3.63) is 51.7 Å². The molecular weight excluding hydrogens is 270 g/mol. The number of amidine groups is 1. The Morgan fingerprint density at radius 2 is 2.20 bits per heavy atom. The number of nitrogens with two attached hydrogens (primary N) is 1. The highest BCUT2D eigenvalue weighted by Crippen LogP contribution is 2.24. The standard InChI is InChI=1S/C15H19N3OS/c1-3-18(10-12-5-4-8-20-12)14-7-6-11(2)9-13(14)15(16)17-19/h4-9,19H,3,10H2,1-2H3,(H2,16,17). The van der Waals surface area contributed by atoms with Crippen molar-refractivity contribution in [3.63, 3.8) is 0 Å². The van der Waals surface area contributed by atoms with E-state index < -0.39 is 0 Å². The van der Waals surface area contributed by atoms with E-state index in [1.54, 1.807) is 11.3 Å². The molecule has 106 valence electrons. The van der Waals surface area contributed by atoms with Crippen LogP contribution in [0.2, 0.25) is 0 Å². The molecule has 0 aliphatic carbocycles. The third kappa shape index (κ3) is 3.11. The Hall–Kier alpha value is -2.01. The zero-order valence-electron chi connectivity index (χ0n) is 11.7. The van der Waals surface area contributed by atoms with Gasteiger partial charge in [-0.2, -0.15) is 0 Å². The fourth-order valence-corrected chi connectivity index (χ4v) is 2.86. The monoisotopic (exact) mass is 289 g/mol. The van der Waals surface area contributed by atoms with Gasteiger partial charge in [0, 0.05) is 22.7 Å². The number of rotatable bonds is 5. The first-order valence-electron chi connectivity index (χ1n) is 6.51. The summed E-state index contributed by atoms with van der Waals surface area (Å²) in [5.41, 5.74) is 8.65. The number of hydrogen-bond donors (Lipinski definition) is 2. The largest absolute Gasteiger partial charge is 0.409 e. The molecule has 0 unspecified atom stereocenters. The summed E-state index contributed by atoms with van der Waals surface area (Å²) in [6, 6.07) is 10.2. The molecule has 3 N–H and O–H groups in total. The molecule has 0 atom stereocenters. The van der Waals surface area contributed by atoms with Crippen LogP contribution in [-0.4, -0.2) is 17.6 Å². The number of oxime groups is 1. The van der Waals surface area contributed by atoms with Crippen molar-refractivity contribution >= 4 is 22.9 Å². The molecule has 1 aromatic heterocycles. The van der Waals surface area contributed by atoms with E-state index in [4.69, 9.17) is 10.9 Å². The fraction of sp³-hybridized carbons (Fsp3) is 0.267. The summed E-state index contributed by atoms with van der Waals surface area (Å²) in [5.74, 6) is 0.147. The molecule has 0 aliphatic rings. The van der Waals surface area contributed by atoms with Crippen LogP contribution in [0.1, 0.15) is 22.9 Å². The van der Waals surface area contributed by atoms with E-state index >= 15 is 0 Å². The Labute approximate surface area is 123 Å². The second-order valence-electron chi connectivity index (χ2n) is 4.60. The van der Waals surface area contributed by atoms with Crippen molar-refractivity contribution in [1.29, 1.82) is 0 Å². The Balaban J connectivity index is 2.38. The van der Waals surface area contributed by atoms with E-state index in [0.29, 0.717) is 0 Å². The van der Waals surface area contributed by atoms with Crippen molar-refractivity contribution in [1.82, 2.24) is 0 Å². The summed E-state index contributed by atoms with van der Waals surface area (Å²) in [4.78, 5) is 3.51. The van der Waals surface area contributed by atoms with Crippen LogP contribution in [0.25, 0.3) is 0 Å². The van der Waals surface area contributed by atoms with Gasteiger partial charge in [-0.1, -0.05) is 22.9 Å². The lowest BCUT2D eigenvalue weighted by molar-refractivity contribution is 0.318. The van der Waals surface area contributed by atoms with Gasteiger partial charge in [0.1, 0.15) is 0 Å². The van der Waals surface area contributed by atoms with Crippen LogP contribution in [0.4, 0.5) is 5.69 Å². The maximum Gasteiger partial charge on any atom is 0.172 e. The minimum absolute atomic E-state index is 0.147. The summed E-state index contributed by atoms with van der Waals surface area (Å²) in [7, 11) is 0. The van der Waals surface area contributed by atoms with E-state index in [1.807, 2.05) is 31.2 Å². The van der Waals surface area contributed by atoms with Gasteiger partial charge in [-0.15, -0.1) is 11.3 Å². The molecule has 0 bridgehead atoms. The molecule has 0 saturated carbocycles. The lowest BCUT2D eigenvalue weighted by Crippen LogP contribution is -2.26. The molecule has 4 nitrogen and oxygen atoms in total. The average molecular weight is 289 g/mol. The lowest BCUT2D eigenvalue weighted by atomic mass is 10.1. The van der Waals surface area contributed by atoms with E-state index in [9.17, 15) is 0 Å². The molecule has 0 radical (unpaired) electrons. The molecule has 0 amide bonds. The minimum Gasteiger partial charge on any atom is -0.409 e. The second-order valence-corrected chi connectivity index (χ2v) is 5.63. The number of benzene rings is 1. The normalized spacial score (nSPS) is 11.6.